The minimum Gasteiger partial charge on any atom is -0.271 e. The number of aromatic nitrogens is 1. The first-order valence-corrected chi connectivity index (χ1v) is 6.06. The maximum absolute atomic E-state index is 5.71. The van der Waals surface area contributed by atoms with Gasteiger partial charge in [0.25, 0.3) is 0 Å². The molecule has 0 aliphatic rings. The van der Waals surface area contributed by atoms with E-state index in [9.17, 15) is 0 Å². The number of rotatable bonds is 4. The zero-order valence-electron chi connectivity index (χ0n) is 10.4. The molecule has 3 heteroatoms. The van der Waals surface area contributed by atoms with Crippen molar-refractivity contribution in [3.8, 4) is 0 Å². The van der Waals surface area contributed by atoms with Crippen molar-refractivity contribution in [2.24, 2.45) is 11.8 Å². The number of nitrogens with two attached hydrogens (primary N) is 1. The predicted molar refractivity (Wildman–Crippen MR) is 71.3 cm³/mol. The average molecular weight is 229 g/mol. The van der Waals surface area contributed by atoms with E-state index in [1.54, 1.807) is 0 Å². The van der Waals surface area contributed by atoms with E-state index >= 15 is 0 Å². The lowest BCUT2D eigenvalue weighted by atomic mass is 9.90. The zero-order chi connectivity index (χ0) is 12.3. The first-order chi connectivity index (χ1) is 8.27. The summed E-state index contributed by atoms with van der Waals surface area (Å²) in [6.07, 6.45) is 4.81. The fourth-order valence-electron chi connectivity index (χ4n) is 2.22. The van der Waals surface area contributed by atoms with Gasteiger partial charge in [-0.05, 0) is 22.9 Å². The van der Waals surface area contributed by atoms with Crippen LogP contribution in [0.1, 0.15) is 31.9 Å². The van der Waals surface area contributed by atoms with Gasteiger partial charge in [-0.3, -0.25) is 16.3 Å². The van der Waals surface area contributed by atoms with E-state index < -0.39 is 0 Å². The Morgan fingerprint density at radius 1 is 1.35 bits per heavy atom. The van der Waals surface area contributed by atoms with Crippen molar-refractivity contribution in [1.82, 2.24) is 10.4 Å². The number of nitrogens with zero attached hydrogens (tertiary/aromatic N) is 1. The van der Waals surface area contributed by atoms with Crippen molar-refractivity contribution < 1.29 is 0 Å². The molecule has 0 saturated carbocycles. The van der Waals surface area contributed by atoms with Gasteiger partial charge >= 0.3 is 0 Å². The van der Waals surface area contributed by atoms with Gasteiger partial charge < -0.3 is 0 Å². The number of hydrogen-bond acceptors (Lipinski definition) is 3. The lowest BCUT2D eigenvalue weighted by molar-refractivity contribution is 0.385. The Morgan fingerprint density at radius 3 is 2.88 bits per heavy atom. The van der Waals surface area contributed by atoms with Gasteiger partial charge in [0.15, 0.2) is 0 Å². The molecule has 0 spiro atoms. The van der Waals surface area contributed by atoms with Crippen LogP contribution in [0.4, 0.5) is 0 Å². The Kier molecular flexibility index (Phi) is 3.71. The van der Waals surface area contributed by atoms with E-state index in [2.05, 4.69) is 48.5 Å². The van der Waals surface area contributed by atoms with Crippen LogP contribution in [0.25, 0.3) is 10.8 Å². The highest BCUT2D eigenvalue weighted by atomic mass is 15.2. The Labute approximate surface area is 102 Å². The number of pyridine rings is 1. The Bertz CT molecular complexity index is 490. The molecule has 0 saturated heterocycles. The summed E-state index contributed by atoms with van der Waals surface area (Å²) in [4.78, 5) is 4.15. The van der Waals surface area contributed by atoms with Crippen LogP contribution in [-0.2, 0) is 0 Å². The van der Waals surface area contributed by atoms with Crippen LogP contribution < -0.4 is 11.3 Å². The molecule has 0 radical (unpaired) electrons. The lowest BCUT2D eigenvalue weighted by Gasteiger charge is -2.23. The van der Waals surface area contributed by atoms with Gasteiger partial charge in [-0.2, -0.15) is 0 Å². The summed E-state index contributed by atoms with van der Waals surface area (Å²) in [5.74, 6) is 6.21. The lowest BCUT2D eigenvalue weighted by Crippen LogP contribution is -2.32. The molecule has 3 N–H and O–H groups in total. The third kappa shape index (κ3) is 2.30. The van der Waals surface area contributed by atoms with Gasteiger partial charge in [-0.1, -0.05) is 38.5 Å². The van der Waals surface area contributed by atoms with Crippen LogP contribution in [0.5, 0.6) is 0 Å². The van der Waals surface area contributed by atoms with Crippen LogP contribution in [0.3, 0.4) is 0 Å². The second-order valence-corrected chi connectivity index (χ2v) is 4.47. The molecule has 2 rings (SSSR count). The summed E-state index contributed by atoms with van der Waals surface area (Å²) in [5, 5.41) is 2.39. The molecule has 90 valence electrons. The van der Waals surface area contributed by atoms with E-state index in [4.69, 9.17) is 5.84 Å². The van der Waals surface area contributed by atoms with E-state index in [-0.39, 0.29) is 6.04 Å². The van der Waals surface area contributed by atoms with Crippen LogP contribution >= 0.6 is 0 Å². The van der Waals surface area contributed by atoms with Gasteiger partial charge in [0.05, 0.1) is 0 Å². The van der Waals surface area contributed by atoms with Crippen LogP contribution in [-0.4, -0.2) is 4.98 Å². The second kappa shape index (κ2) is 5.25. The van der Waals surface area contributed by atoms with Gasteiger partial charge in [-0.15, -0.1) is 0 Å². The summed E-state index contributed by atoms with van der Waals surface area (Å²) in [6, 6.07) is 8.52. The van der Waals surface area contributed by atoms with E-state index in [0.717, 1.165) is 11.8 Å². The van der Waals surface area contributed by atoms with Crippen molar-refractivity contribution in [2.45, 2.75) is 26.3 Å². The molecule has 17 heavy (non-hydrogen) atoms. The van der Waals surface area contributed by atoms with Crippen molar-refractivity contribution >= 4 is 10.8 Å². The van der Waals surface area contributed by atoms with Gasteiger partial charge in [0.1, 0.15) is 0 Å². The molecule has 2 unspecified atom stereocenters. The minimum atomic E-state index is 0.186. The SMILES string of the molecule is CCC(C)C(NN)c1cccc2cnccc12. The minimum absolute atomic E-state index is 0.186. The number of hydrazine groups is 1. The van der Waals surface area contributed by atoms with Crippen LogP contribution in [0.2, 0.25) is 0 Å². The third-order valence-corrected chi connectivity index (χ3v) is 3.44. The van der Waals surface area contributed by atoms with Gasteiger partial charge in [0.2, 0.25) is 0 Å². The van der Waals surface area contributed by atoms with E-state index in [1.165, 1.54) is 10.9 Å². The largest absolute Gasteiger partial charge is 0.271 e. The van der Waals surface area contributed by atoms with E-state index in [0.29, 0.717) is 5.92 Å². The Hall–Kier alpha value is -1.45. The number of nitrogens with one attached hydrogen (secondary N) is 1. The standard InChI is InChI=1S/C14H19N3/c1-3-10(2)14(17-15)13-6-4-5-11-9-16-8-7-12(11)13/h4-10,14,17H,3,15H2,1-2H3. The molecule has 1 aromatic carbocycles. The summed E-state index contributed by atoms with van der Waals surface area (Å²) in [6.45, 7) is 4.40. The molecular formula is C14H19N3. The van der Waals surface area contributed by atoms with E-state index in [1.807, 2.05) is 12.4 Å². The summed E-state index contributed by atoms with van der Waals surface area (Å²) in [5.41, 5.74) is 4.19. The summed E-state index contributed by atoms with van der Waals surface area (Å²) >= 11 is 0. The zero-order valence-corrected chi connectivity index (χ0v) is 10.4. The van der Waals surface area contributed by atoms with Gasteiger partial charge in [-0.25, -0.2) is 0 Å². The quantitative estimate of drug-likeness (QED) is 0.626. The molecule has 1 heterocycles. The second-order valence-electron chi connectivity index (χ2n) is 4.47. The van der Waals surface area contributed by atoms with Gasteiger partial charge in [0, 0.05) is 23.8 Å². The smallest absolute Gasteiger partial charge is 0.0491 e. The molecule has 2 aromatic rings. The predicted octanol–water partition coefficient (Wildman–Crippen LogP) is 2.79. The highest BCUT2D eigenvalue weighted by Crippen LogP contribution is 2.29. The molecule has 3 nitrogen and oxygen atoms in total. The molecule has 2 atom stereocenters. The highest BCUT2D eigenvalue weighted by molar-refractivity contribution is 5.85. The van der Waals surface area contributed by atoms with Crippen molar-refractivity contribution in [3.63, 3.8) is 0 Å². The van der Waals surface area contributed by atoms with Crippen LogP contribution in [0, 0.1) is 5.92 Å². The summed E-state index contributed by atoms with van der Waals surface area (Å²) < 4.78 is 0. The first kappa shape index (κ1) is 12.0. The molecule has 0 amide bonds. The van der Waals surface area contributed by atoms with Crippen LogP contribution in [0.15, 0.2) is 36.7 Å². The Balaban J connectivity index is 2.53. The molecule has 1 aromatic heterocycles. The fraction of sp³-hybridized carbons (Fsp3) is 0.357. The monoisotopic (exact) mass is 229 g/mol. The molecule has 0 aliphatic heterocycles. The van der Waals surface area contributed by atoms with Crippen molar-refractivity contribution in [2.75, 3.05) is 0 Å². The Morgan fingerprint density at radius 2 is 2.18 bits per heavy atom. The van der Waals surface area contributed by atoms with Crippen molar-refractivity contribution in [1.29, 1.82) is 0 Å². The molecule has 0 fully saturated rings. The molecular weight excluding hydrogens is 210 g/mol. The number of hydrogen-bond donors (Lipinski definition) is 2. The number of benzene rings is 1. The fourth-order valence-corrected chi connectivity index (χ4v) is 2.22. The first-order valence-electron chi connectivity index (χ1n) is 6.06. The highest BCUT2D eigenvalue weighted by Gasteiger charge is 2.18. The summed E-state index contributed by atoms with van der Waals surface area (Å²) in [7, 11) is 0. The number of fused-ring (bicyclic) bond motifs is 1. The maximum atomic E-state index is 5.71. The molecule has 0 aliphatic carbocycles. The third-order valence-electron chi connectivity index (χ3n) is 3.44. The van der Waals surface area contributed by atoms with Crippen molar-refractivity contribution in [3.05, 3.63) is 42.2 Å². The molecule has 0 bridgehead atoms. The average Bonchev–Trinajstić information content (AvgIpc) is 2.39. The normalized spacial score (nSPS) is 14.8. The topological polar surface area (TPSA) is 50.9 Å². The maximum Gasteiger partial charge on any atom is 0.0491 e.